The maximum absolute atomic E-state index is 12.6. The van der Waals surface area contributed by atoms with Crippen molar-refractivity contribution in [2.45, 2.75) is 57.9 Å². The lowest BCUT2D eigenvalue weighted by Gasteiger charge is -2.57. The molecule has 2 aliphatic rings. The van der Waals surface area contributed by atoms with Crippen molar-refractivity contribution in [1.29, 1.82) is 0 Å². The van der Waals surface area contributed by atoms with Crippen molar-refractivity contribution in [2.75, 3.05) is 26.2 Å². The SMILES string of the molecule is CCOC1CC(N)(C(=O)NCC2CCN(C(=O)C(F)(F)F)CC2)C1(C)C.Cl. The number of alkyl halides is 3. The molecule has 2 rings (SSSR count). The van der Waals surface area contributed by atoms with Gasteiger partial charge in [-0.15, -0.1) is 12.4 Å². The standard InChI is InChI=1S/C17H28F3N3O3.ClH/c1-4-26-12-9-16(21,15(12,2)3)13(24)22-10-11-5-7-23(8-6-11)14(25)17(18,19)20;/h11-12H,4-10,21H2,1-3H3,(H,22,24);1H. The average molecular weight is 416 g/mol. The highest BCUT2D eigenvalue weighted by atomic mass is 35.5. The van der Waals surface area contributed by atoms with E-state index in [1.165, 1.54) is 0 Å². The van der Waals surface area contributed by atoms with Crippen LogP contribution in [0.5, 0.6) is 0 Å². The van der Waals surface area contributed by atoms with Gasteiger partial charge in [-0.1, -0.05) is 13.8 Å². The molecule has 6 nitrogen and oxygen atoms in total. The van der Waals surface area contributed by atoms with Gasteiger partial charge in [0.15, 0.2) is 0 Å². The Hall–Kier alpha value is -1.06. The van der Waals surface area contributed by atoms with Gasteiger partial charge in [-0.3, -0.25) is 9.59 Å². The molecule has 1 heterocycles. The summed E-state index contributed by atoms with van der Waals surface area (Å²) in [6, 6.07) is 0. The number of likely N-dealkylation sites (tertiary alicyclic amines) is 1. The minimum atomic E-state index is -4.83. The first kappa shape index (κ1) is 24.0. The molecule has 27 heavy (non-hydrogen) atoms. The van der Waals surface area contributed by atoms with Crippen molar-refractivity contribution in [3.8, 4) is 0 Å². The van der Waals surface area contributed by atoms with Gasteiger partial charge in [0, 0.05) is 38.1 Å². The Labute approximate surface area is 163 Å². The van der Waals surface area contributed by atoms with E-state index < -0.39 is 23.0 Å². The minimum absolute atomic E-state index is 0. The molecule has 1 saturated carbocycles. The van der Waals surface area contributed by atoms with Gasteiger partial charge in [-0.2, -0.15) is 13.2 Å². The summed E-state index contributed by atoms with van der Waals surface area (Å²) in [5.74, 6) is -2.02. The van der Waals surface area contributed by atoms with E-state index >= 15 is 0 Å². The van der Waals surface area contributed by atoms with Gasteiger partial charge in [0.1, 0.15) is 5.54 Å². The van der Waals surface area contributed by atoms with Crippen LogP contribution in [-0.4, -0.2) is 60.8 Å². The first-order valence-electron chi connectivity index (χ1n) is 8.98. The lowest BCUT2D eigenvalue weighted by molar-refractivity contribution is -0.186. The van der Waals surface area contributed by atoms with Crippen LogP contribution in [0.4, 0.5) is 13.2 Å². The summed E-state index contributed by atoms with van der Waals surface area (Å²) in [6.45, 7) is 6.69. The topological polar surface area (TPSA) is 84.7 Å². The number of carbonyl (C=O) groups excluding carboxylic acids is 2. The molecule has 0 spiro atoms. The minimum Gasteiger partial charge on any atom is -0.378 e. The zero-order chi connectivity index (χ0) is 19.8. The van der Waals surface area contributed by atoms with E-state index in [1.807, 2.05) is 20.8 Å². The second kappa shape index (κ2) is 8.53. The third kappa shape index (κ3) is 4.68. The van der Waals surface area contributed by atoms with Crippen LogP contribution in [0.3, 0.4) is 0 Å². The van der Waals surface area contributed by atoms with E-state index in [2.05, 4.69) is 5.32 Å². The van der Waals surface area contributed by atoms with Gasteiger partial charge in [0.05, 0.1) is 6.10 Å². The Kier molecular flexibility index (Phi) is 7.57. The molecule has 2 atom stereocenters. The molecule has 1 saturated heterocycles. The van der Waals surface area contributed by atoms with Gasteiger partial charge in [-0.05, 0) is 25.7 Å². The predicted molar refractivity (Wildman–Crippen MR) is 96.3 cm³/mol. The first-order chi connectivity index (χ1) is 11.9. The highest BCUT2D eigenvalue weighted by molar-refractivity contribution is 5.88. The van der Waals surface area contributed by atoms with Crippen LogP contribution in [0.15, 0.2) is 0 Å². The van der Waals surface area contributed by atoms with E-state index in [4.69, 9.17) is 10.5 Å². The van der Waals surface area contributed by atoms with Crippen LogP contribution in [0, 0.1) is 11.3 Å². The van der Waals surface area contributed by atoms with Crippen LogP contribution < -0.4 is 11.1 Å². The molecule has 1 aliphatic heterocycles. The van der Waals surface area contributed by atoms with Crippen molar-refractivity contribution in [1.82, 2.24) is 10.2 Å². The van der Waals surface area contributed by atoms with Crippen molar-refractivity contribution < 1.29 is 27.5 Å². The smallest absolute Gasteiger partial charge is 0.378 e. The number of rotatable bonds is 5. The zero-order valence-electron chi connectivity index (χ0n) is 15.9. The van der Waals surface area contributed by atoms with Gasteiger partial charge < -0.3 is 20.7 Å². The molecule has 0 aromatic rings. The molecule has 158 valence electrons. The maximum Gasteiger partial charge on any atom is 0.471 e. The highest BCUT2D eigenvalue weighted by Gasteiger charge is 2.62. The van der Waals surface area contributed by atoms with Gasteiger partial charge in [0.2, 0.25) is 5.91 Å². The number of halogens is 4. The van der Waals surface area contributed by atoms with Crippen LogP contribution in [0.2, 0.25) is 0 Å². The summed E-state index contributed by atoms with van der Waals surface area (Å²) in [7, 11) is 0. The monoisotopic (exact) mass is 415 g/mol. The fourth-order valence-corrected chi connectivity index (χ4v) is 3.73. The van der Waals surface area contributed by atoms with Crippen molar-refractivity contribution >= 4 is 24.2 Å². The summed E-state index contributed by atoms with van der Waals surface area (Å²) in [5, 5.41) is 2.84. The van der Waals surface area contributed by atoms with Gasteiger partial charge in [-0.25, -0.2) is 0 Å². The molecular weight excluding hydrogens is 387 g/mol. The van der Waals surface area contributed by atoms with E-state index in [9.17, 15) is 22.8 Å². The molecule has 0 bridgehead atoms. The third-order valence-electron chi connectivity index (χ3n) is 5.93. The van der Waals surface area contributed by atoms with E-state index in [-0.39, 0.29) is 43.4 Å². The molecule has 0 aromatic heterocycles. The van der Waals surface area contributed by atoms with Crippen LogP contribution >= 0.6 is 12.4 Å². The largest absolute Gasteiger partial charge is 0.471 e. The van der Waals surface area contributed by atoms with Crippen LogP contribution in [0.25, 0.3) is 0 Å². The van der Waals surface area contributed by atoms with E-state index in [1.54, 1.807) is 0 Å². The number of carbonyl (C=O) groups is 2. The number of hydrogen-bond acceptors (Lipinski definition) is 4. The summed E-state index contributed by atoms with van der Waals surface area (Å²) in [4.78, 5) is 24.6. The molecule has 2 unspecified atom stereocenters. The maximum atomic E-state index is 12.6. The van der Waals surface area contributed by atoms with Crippen molar-refractivity contribution in [3.05, 3.63) is 0 Å². The van der Waals surface area contributed by atoms with Crippen LogP contribution in [-0.2, 0) is 14.3 Å². The fourth-order valence-electron chi connectivity index (χ4n) is 3.73. The molecule has 3 N–H and O–H groups in total. The van der Waals surface area contributed by atoms with Crippen molar-refractivity contribution in [2.24, 2.45) is 17.1 Å². The van der Waals surface area contributed by atoms with E-state index in [0.29, 0.717) is 32.4 Å². The molecular formula is C17H29ClF3N3O3. The fraction of sp³-hybridized carbons (Fsp3) is 0.882. The molecule has 2 fully saturated rings. The Morgan fingerprint density at radius 1 is 1.26 bits per heavy atom. The molecule has 0 aromatic carbocycles. The van der Waals surface area contributed by atoms with Crippen LogP contribution in [0.1, 0.15) is 40.0 Å². The first-order valence-corrected chi connectivity index (χ1v) is 8.98. The molecule has 2 amide bonds. The number of piperidine rings is 1. The summed E-state index contributed by atoms with van der Waals surface area (Å²) in [6.07, 6.45) is -3.62. The zero-order valence-corrected chi connectivity index (χ0v) is 16.7. The number of nitrogens with two attached hydrogens (primary N) is 1. The normalized spacial score (nSPS) is 28.1. The number of ether oxygens (including phenoxy) is 1. The quantitative estimate of drug-likeness (QED) is 0.717. The average Bonchev–Trinajstić information content (AvgIpc) is 2.58. The highest BCUT2D eigenvalue weighted by Crippen LogP contribution is 2.49. The van der Waals surface area contributed by atoms with Gasteiger partial charge >= 0.3 is 12.1 Å². The lowest BCUT2D eigenvalue weighted by atomic mass is 9.54. The second-order valence-corrected chi connectivity index (χ2v) is 7.78. The number of nitrogens with one attached hydrogen (secondary N) is 1. The summed E-state index contributed by atoms with van der Waals surface area (Å²) < 4.78 is 43.0. The van der Waals surface area contributed by atoms with Gasteiger partial charge in [0.25, 0.3) is 0 Å². The number of amides is 2. The molecule has 1 aliphatic carbocycles. The molecule has 10 heteroatoms. The second-order valence-electron chi connectivity index (χ2n) is 7.78. The Bertz CT molecular complexity index is 551. The lowest BCUT2D eigenvalue weighted by Crippen LogP contribution is -2.76. The Morgan fingerprint density at radius 3 is 2.26 bits per heavy atom. The number of hydrogen-bond donors (Lipinski definition) is 2. The number of nitrogens with zero attached hydrogens (tertiary/aromatic N) is 1. The molecule has 0 radical (unpaired) electrons. The summed E-state index contributed by atoms with van der Waals surface area (Å²) in [5.41, 5.74) is 4.80. The Balaban J connectivity index is 0.00000364. The van der Waals surface area contributed by atoms with E-state index in [0.717, 1.165) is 4.90 Å². The Morgan fingerprint density at radius 2 is 1.81 bits per heavy atom. The summed E-state index contributed by atoms with van der Waals surface area (Å²) >= 11 is 0. The third-order valence-corrected chi connectivity index (χ3v) is 5.93. The van der Waals surface area contributed by atoms with Crippen molar-refractivity contribution in [3.63, 3.8) is 0 Å². The predicted octanol–water partition coefficient (Wildman–Crippen LogP) is 1.86.